The Hall–Kier alpha value is -0.730. The summed E-state index contributed by atoms with van der Waals surface area (Å²) in [5.74, 6) is 0. The van der Waals surface area contributed by atoms with E-state index in [9.17, 15) is 4.79 Å². The van der Waals surface area contributed by atoms with E-state index in [1.165, 1.54) is 57.8 Å². The fourth-order valence-corrected chi connectivity index (χ4v) is 3.63. The molecule has 3 rings (SSSR count). The number of likely N-dealkylation sites (tertiary alicyclic amines) is 1. The number of carbonyl (C=O) groups excluding carboxylic acids is 1. The minimum atomic E-state index is 0.197. The Bertz CT molecular complexity index is 283. The zero-order valence-corrected chi connectivity index (χ0v) is 10.7. The highest BCUT2D eigenvalue weighted by atomic mass is 16.2. The summed E-state index contributed by atoms with van der Waals surface area (Å²) in [6.07, 6.45) is 11.8. The summed E-state index contributed by atoms with van der Waals surface area (Å²) in [6.45, 7) is 1.97. The molecule has 17 heavy (non-hydrogen) atoms. The zero-order valence-electron chi connectivity index (χ0n) is 10.7. The minimum absolute atomic E-state index is 0.197. The maximum Gasteiger partial charge on any atom is 0.317 e. The molecule has 1 N–H and O–H groups in total. The van der Waals surface area contributed by atoms with Crippen LogP contribution in [0.25, 0.3) is 0 Å². The molecule has 2 aliphatic carbocycles. The van der Waals surface area contributed by atoms with Crippen LogP contribution in [-0.4, -0.2) is 30.1 Å². The van der Waals surface area contributed by atoms with Gasteiger partial charge in [-0.2, -0.15) is 0 Å². The van der Waals surface area contributed by atoms with Crippen LogP contribution in [0.3, 0.4) is 0 Å². The predicted molar refractivity (Wildman–Crippen MR) is 67.9 cm³/mol. The number of nitrogens with zero attached hydrogens (tertiary/aromatic N) is 1. The van der Waals surface area contributed by atoms with Crippen LogP contribution in [0, 0.1) is 5.41 Å². The Morgan fingerprint density at radius 2 is 1.65 bits per heavy atom. The molecule has 3 nitrogen and oxygen atoms in total. The van der Waals surface area contributed by atoms with Gasteiger partial charge in [-0.05, 0) is 50.4 Å². The smallest absolute Gasteiger partial charge is 0.317 e. The highest BCUT2D eigenvalue weighted by Gasteiger charge is 2.38. The summed E-state index contributed by atoms with van der Waals surface area (Å²) in [4.78, 5) is 14.1. The number of nitrogens with one attached hydrogen (secondary N) is 1. The molecule has 0 atom stereocenters. The van der Waals surface area contributed by atoms with Gasteiger partial charge >= 0.3 is 6.03 Å². The van der Waals surface area contributed by atoms with Gasteiger partial charge in [-0.1, -0.05) is 12.8 Å². The first kappa shape index (κ1) is 11.4. The van der Waals surface area contributed by atoms with E-state index in [1.807, 2.05) is 4.90 Å². The molecule has 0 bridgehead atoms. The summed E-state index contributed by atoms with van der Waals surface area (Å²) in [5.41, 5.74) is 0.618. The normalized spacial score (nSPS) is 28.1. The summed E-state index contributed by atoms with van der Waals surface area (Å²) in [5, 5.41) is 3.15. The molecule has 0 unspecified atom stereocenters. The fraction of sp³-hybridized carbons (Fsp3) is 0.929. The summed E-state index contributed by atoms with van der Waals surface area (Å²) >= 11 is 0. The zero-order chi connectivity index (χ0) is 11.7. The maximum atomic E-state index is 12.0. The molecule has 2 saturated carbocycles. The lowest BCUT2D eigenvalue weighted by Gasteiger charge is -2.40. The lowest BCUT2D eigenvalue weighted by atomic mass is 9.77. The van der Waals surface area contributed by atoms with E-state index in [0.29, 0.717) is 11.5 Å². The summed E-state index contributed by atoms with van der Waals surface area (Å²) in [7, 11) is 0. The number of carbonyl (C=O) groups is 1. The van der Waals surface area contributed by atoms with Crippen LogP contribution in [0.2, 0.25) is 0 Å². The molecule has 1 aliphatic heterocycles. The molecule has 3 heteroatoms. The van der Waals surface area contributed by atoms with Gasteiger partial charge in [0.05, 0.1) is 0 Å². The van der Waals surface area contributed by atoms with Crippen LogP contribution in [0.4, 0.5) is 4.79 Å². The minimum Gasteiger partial charge on any atom is -0.335 e. The second-order valence-electron chi connectivity index (χ2n) is 6.27. The van der Waals surface area contributed by atoms with Crippen LogP contribution in [0.1, 0.15) is 57.8 Å². The average molecular weight is 236 g/mol. The first-order chi connectivity index (χ1) is 8.27. The number of piperidine rings is 1. The van der Waals surface area contributed by atoms with Gasteiger partial charge < -0.3 is 10.2 Å². The highest BCUT2D eigenvalue weighted by Crippen LogP contribution is 2.46. The Morgan fingerprint density at radius 1 is 1.00 bits per heavy atom. The largest absolute Gasteiger partial charge is 0.335 e. The lowest BCUT2D eigenvalue weighted by molar-refractivity contribution is 0.116. The maximum absolute atomic E-state index is 12.0. The third-order valence-electron chi connectivity index (χ3n) is 5.21. The van der Waals surface area contributed by atoms with E-state index in [0.717, 1.165) is 13.1 Å². The molecule has 0 aromatic rings. The number of hydrogen-bond acceptors (Lipinski definition) is 1. The third kappa shape index (κ3) is 2.29. The third-order valence-corrected chi connectivity index (χ3v) is 5.21. The Kier molecular flexibility index (Phi) is 3.01. The number of urea groups is 1. The molecule has 96 valence electrons. The number of rotatable bonds is 1. The van der Waals surface area contributed by atoms with Crippen molar-refractivity contribution >= 4 is 6.03 Å². The molecule has 1 saturated heterocycles. The van der Waals surface area contributed by atoms with Crippen molar-refractivity contribution in [3.8, 4) is 0 Å². The average Bonchev–Trinajstić information content (AvgIpc) is 2.73. The van der Waals surface area contributed by atoms with E-state index >= 15 is 0 Å². The second-order valence-corrected chi connectivity index (χ2v) is 6.27. The van der Waals surface area contributed by atoms with E-state index in [4.69, 9.17) is 0 Å². The molecule has 1 heterocycles. The monoisotopic (exact) mass is 236 g/mol. The second kappa shape index (κ2) is 4.51. The van der Waals surface area contributed by atoms with Gasteiger partial charge in [0, 0.05) is 19.1 Å². The highest BCUT2D eigenvalue weighted by molar-refractivity contribution is 5.74. The van der Waals surface area contributed by atoms with E-state index < -0.39 is 0 Å². The molecule has 2 amide bonds. The first-order valence-corrected chi connectivity index (χ1v) is 7.33. The Morgan fingerprint density at radius 3 is 2.18 bits per heavy atom. The van der Waals surface area contributed by atoms with Crippen LogP contribution in [0.5, 0.6) is 0 Å². The molecule has 0 aromatic carbocycles. The quantitative estimate of drug-likeness (QED) is 0.746. The first-order valence-electron chi connectivity index (χ1n) is 7.33. The van der Waals surface area contributed by atoms with Crippen molar-refractivity contribution < 1.29 is 4.79 Å². The van der Waals surface area contributed by atoms with E-state index in [1.54, 1.807) is 0 Å². The molecule has 0 aromatic heterocycles. The van der Waals surface area contributed by atoms with Crippen molar-refractivity contribution in [1.82, 2.24) is 10.2 Å². The SMILES string of the molecule is O=C(NC1CCC1)N1CCC2(CCCC2)CC1. The van der Waals surface area contributed by atoms with Crippen molar-refractivity contribution in [2.75, 3.05) is 13.1 Å². The van der Waals surface area contributed by atoms with Gasteiger partial charge in [-0.3, -0.25) is 0 Å². The van der Waals surface area contributed by atoms with Gasteiger partial charge in [0.2, 0.25) is 0 Å². The fourth-order valence-electron chi connectivity index (χ4n) is 3.63. The lowest BCUT2D eigenvalue weighted by Crippen LogP contribution is -2.51. The van der Waals surface area contributed by atoms with E-state index in [2.05, 4.69) is 5.32 Å². The number of amides is 2. The van der Waals surface area contributed by atoms with Gasteiger partial charge in [0.1, 0.15) is 0 Å². The van der Waals surface area contributed by atoms with Crippen molar-refractivity contribution in [3.63, 3.8) is 0 Å². The van der Waals surface area contributed by atoms with E-state index in [-0.39, 0.29) is 6.03 Å². The summed E-state index contributed by atoms with van der Waals surface area (Å²) < 4.78 is 0. The van der Waals surface area contributed by atoms with Crippen LogP contribution < -0.4 is 5.32 Å². The van der Waals surface area contributed by atoms with Crippen LogP contribution in [-0.2, 0) is 0 Å². The van der Waals surface area contributed by atoms with Gasteiger partial charge in [0.25, 0.3) is 0 Å². The van der Waals surface area contributed by atoms with Crippen molar-refractivity contribution in [2.24, 2.45) is 5.41 Å². The van der Waals surface area contributed by atoms with Crippen molar-refractivity contribution in [3.05, 3.63) is 0 Å². The Balaban J connectivity index is 1.48. The molecule has 1 spiro atoms. The number of hydrogen-bond donors (Lipinski definition) is 1. The van der Waals surface area contributed by atoms with Gasteiger partial charge in [-0.15, -0.1) is 0 Å². The van der Waals surface area contributed by atoms with Crippen LogP contribution >= 0.6 is 0 Å². The van der Waals surface area contributed by atoms with Gasteiger partial charge in [-0.25, -0.2) is 4.79 Å². The van der Waals surface area contributed by atoms with Gasteiger partial charge in [0.15, 0.2) is 0 Å². The van der Waals surface area contributed by atoms with Crippen molar-refractivity contribution in [1.29, 1.82) is 0 Å². The standard InChI is InChI=1S/C14H24N2O/c17-13(15-12-4-3-5-12)16-10-8-14(9-11-16)6-1-2-7-14/h12H,1-11H2,(H,15,17). The topological polar surface area (TPSA) is 32.3 Å². The Labute approximate surface area is 104 Å². The molecule has 3 aliphatic rings. The molecular formula is C14H24N2O. The van der Waals surface area contributed by atoms with Crippen LogP contribution in [0.15, 0.2) is 0 Å². The van der Waals surface area contributed by atoms with Crippen molar-refractivity contribution in [2.45, 2.75) is 63.8 Å². The summed E-state index contributed by atoms with van der Waals surface area (Å²) in [6, 6.07) is 0.674. The molecule has 0 radical (unpaired) electrons. The molecular weight excluding hydrogens is 212 g/mol. The molecule has 3 fully saturated rings. The predicted octanol–water partition coefficient (Wildman–Crippen LogP) is 2.90.